The maximum absolute atomic E-state index is 13.9. The molecule has 2 saturated heterocycles. The summed E-state index contributed by atoms with van der Waals surface area (Å²) in [7, 11) is 1.51. The number of halogens is 1. The van der Waals surface area contributed by atoms with Crippen molar-refractivity contribution in [3.63, 3.8) is 0 Å². The second-order valence-electron chi connectivity index (χ2n) is 10.3. The number of carbonyl (C=O) groups is 2. The van der Waals surface area contributed by atoms with Gasteiger partial charge in [-0.3, -0.25) is 19.1 Å². The molecule has 40 heavy (non-hydrogen) atoms. The van der Waals surface area contributed by atoms with Gasteiger partial charge in [-0.2, -0.15) is 5.10 Å². The predicted molar refractivity (Wildman–Crippen MR) is 145 cm³/mol. The zero-order valence-electron chi connectivity index (χ0n) is 22.8. The maximum atomic E-state index is 13.9. The van der Waals surface area contributed by atoms with Crippen molar-refractivity contribution in [3.8, 4) is 11.6 Å². The third-order valence-corrected chi connectivity index (χ3v) is 6.55. The lowest BCUT2D eigenvalue weighted by Crippen LogP contribution is -2.60. The fourth-order valence-corrected chi connectivity index (χ4v) is 4.42. The van der Waals surface area contributed by atoms with Crippen LogP contribution in [0.4, 0.5) is 10.1 Å². The van der Waals surface area contributed by atoms with Gasteiger partial charge in [0.25, 0.3) is 5.91 Å². The molecule has 2 aliphatic heterocycles. The van der Waals surface area contributed by atoms with Crippen LogP contribution in [-0.2, 0) is 20.9 Å². The third-order valence-electron chi connectivity index (χ3n) is 6.55. The Bertz CT molecular complexity index is 1380. The Morgan fingerprint density at radius 2 is 2.08 bits per heavy atom. The van der Waals surface area contributed by atoms with Crippen LogP contribution in [0.5, 0.6) is 11.6 Å². The predicted octanol–water partition coefficient (Wildman–Crippen LogP) is 2.76. The fourth-order valence-electron chi connectivity index (χ4n) is 4.42. The summed E-state index contributed by atoms with van der Waals surface area (Å²) in [4.78, 5) is 39.7. The average molecular weight is 556 g/mol. The van der Waals surface area contributed by atoms with E-state index >= 15 is 0 Å². The number of H-pyrrole nitrogens is 1. The van der Waals surface area contributed by atoms with Crippen LogP contribution in [0.1, 0.15) is 25.3 Å². The van der Waals surface area contributed by atoms with Crippen molar-refractivity contribution in [2.75, 3.05) is 38.7 Å². The molecule has 0 saturated carbocycles. The number of benzene rings is 1. The van der Waals surface area contributed by atoms with E-state index in [2.05, 4.69) is 15.4 Å². The molecule has 2 fully saturated rings. The number of hydrogen-bond acceptors (Lipinski definition) is 7. The number of aromatic nitrogens is 3. The minimum Gasteiger partial charge on any atom is -0.490 e. The first-order chi connectivity index (χ1) is 19.1. The molecule has 0 spiro atoms. The Morgan fingerprint density at radius 3 is 2.73 bits per heavy atom. The quantitative estimate of drug-likeness (QED) is 0.438. The maximum Gasteiger partial charge on any atom is 0.253 e. The van der Waals surface area contributed by atoms with Gasteiger partial charge in [0.1, 0.15) is 12.6 Å². The number of pyridine rings is 1. The summed E-state index contributed by atoms with van der Waals surface area (Å²) in [6, 6.07) is 7.69. The average Bonchev–Trinajstić information content (AvgIpc) is 3.59. The minimum absolute atomic E-state index is 0.0504. The Morgan fingerprint density at radius 1 is 1.27 bits per heavy atom. The van der Waals surface area contributed by atoms with Crippen molar-refractivity contribution in [1.29, 1.82) is 0 Å². The van der Waals surface area contributed by atoms with Crippen molar-refractivity contribution >= 4 is 17.5 Å². The second kappa shape index (κ2) is 12.8. The number of amides is 2. The third kappa shape index (κ3) is 7.69. The van der Waals surface area contributed by atoms with Crippen LogP contribution in [0.2, 0.25) is 0 Å². The van der Waals surface area contributed by atoms with Crippen LogP contribution < -0.4 is 20.2 Å². The van der Waals surface area contributed by atoms with Gasteiger partial charge in [0.05, 0.1) is 25.6 Å². The molecule has 1 atom stereocenters. The van der Waals surface area contributed by atoms with E-state index in [4.69, 9.17) is 14.2 Å². The summed E-state index contributed by atoms with van der Waals surface area (Å²) >= 11 is 0. The largest absolute Gasteiger partial charge is 0.490 e. The molecule has 0 bridgehead atoms. The number of hydrogen-bond donors (Lipinski definition) is 2. The molecule has 0 aliphatic carbocycles. The van der Waals surface area contributed by atoms with Gasteiger partial charge in [0.2, 0.25) is 5.91 Å². The summed E-state index contributed by atoms with van der Waals surface area (Å²) in [5.74, 6) is 0.0798. The van der Waals surface area contributed by atoms with Gasteiger partial charge in [0.15, 0.2) is 22.9 Å². The Kier molecular flexibility index (Phi) is 9.20. The summed E-state index contributed by atoms with van der Waals surface area (Å²) in [5.41, 5.74) is 1.10. The number of aromatic amines is 1. The number of likely N-dealkylation sites (tertiary alicyclic amines) is 1. The Hall–Kier alpha value is -4.19. The number of anilines is 1. The summed E-state index contributed by atoms with van der Waals surface area (Å²) in [5, 5.41) is 6.92. The van der Waals surface area contributed by atoms with Crippen molar-refractivity contribution in [2.24, 2.45) is 5.41 Å². The van der Waals surface area contributed by atoms with E-state index in [9.17, 15) is 18.8 Å². The molecule has 12 heteroatoms. The normalized spacial score (nSPS) is 17.3. The van der Waals surface area contributed by atoms with E-state index in [1.54, 1.807) is 29.4 Å². The topological polar surface area (TPSA) is 128 Å². The van der Waals surface area contributed by atoms with Crippen molar-refractivity contribution < 1.29 is 28.2 Å². The van der Waals surface area contributed by atoms with Gasteiger partial charge >= 0.3 is 0 Å². The lowest BCUT2D eigenvalue weighted by Gasteiger charge is -2.47. The second-order valence-corrected chi connectivity index (χ2v) is 10.3. The molecule has 214 valence electrons. The molecule has 3 aromatic rings. The zero-order chi connectivity index (χ0) is 28.7. The standard InChI is InChI=1S/C22H27FN4O4.C6H7NO2/c1-15-5-6-18(17(23)8-15)31-14-22(2)12-26(13-22)20(28)11-27-10-16(9-24-27)25-21(29)19-4-3-7-30-19;1-9-6-4-5(8)2-3-7-6/h5-6,8-10,19H,3-4,7,11-14H2,1-2H3,(H,25,29);2-4H,1H3,(H,7,8)/t19-;/m1./s1. The minimum atomic E-state index is -0.417. The van der Waals surface area contributed by atoms with Crippen LogP contribution in [0, 0.1) is 18.2 Å². The van der Waals surface area contributed by atoms with Gasteiger partial charge in [-0.1, -0.05) is 13.0 Å². The van der Waals surface area contributed by atoms with Crippen LogP contribution in [-0.4, -0.2) is 71.0 Å². The zero-order valence-corrected chi connectivity index (χ0v) is 22.8. The van der Waals surface area contributed by atoms with Gasteiger partial charge in [0, 0.05) is 49.6 Å². The lowest BCUT2D eigenvalue weighted by atomic mass is 9.83. The van der Waals surface area contributed by atoms with Crippen LogP contribution in [0.15, 0.2) is 53.7 Å². The first-order valence-corrected chi connectivity index (χ1v) is 13.0. The van der Waals surface area contributed by atoms with Crippen molar-refractivity contribution in [2.45, 2.75) is 39.3 Å². The molecule has 1 aromatic carbocycles. The van der Waals surface area contributed by atoms with E-state index in [1.807, 2.05) is 13.8 Å². The molecular formula is C28H34FN5O6. The number of nitrogens with zero attached hydrogens (tertiary/aromatic N) is 3. The van der Waals surface area contributed by atoms with Crippen LogP contribution in [0.3, 0.4) is 0 Å². The lowest BCUT2D eigenvalue weighted by molar-refractivity contribution is -0.145. The first kappa shape index (κ1) is 28.8. The van der Waals surface area contributed by atoms with Gasteiger partial charge in [-0.05, 0) is 37.5 Å². The molecule has 5 rings (SSSR count). The number of ether oxygens (including phenoxy) is 3. The number of rotatable bonds is 8. The number of nitrogens with one attached hydrogen (secondary N) is 2. The highest BCUT2D eigenvalue weighted by Crippen LogP contribution is 2.31. The van der Waals surface area contributed by atoms with E-state index < -0.39 is 6.10 Å². The van der Waals surface area contributed by atoms with Crippen LogP contribution >= 0.6 is 0 Å². The van der Waals surface area contributed by atoms with E-state index in [0.29, 0.717) is 44.3 Å². The first-order valence-electron chi connectivity index (χ1n) is 13.0. The van der Waals surface area contributed by atoms with Crippen LogP contribution in [0.25, 0.3) is 0 Å². The molecule has 11 nitrogen and oxygen atoms in total. The SMILES string of the molecule is COc1cc(=O)cc[nH]1.Cc1ccc(OCC2(C)CN(C(=O)Cn3cc(NC(=O)[C@H]4CCCO4)cn3)C2)c(F)c1. The van der Waals surface area contributed by atoms with E-state index in [-0.39, 0.29) is 40.8 Å². The summed E-state index contributed by atoms with van der Waals surface area (Å²) < 4.78 is 31.2. The molecule has 2 aliphatic rings. The fraction of sp³-hybridized carbons (Fsp3) is 0.429. The molecule has 0 radical (unpaired) electrons. The van der Waals surface area contributed by atoms with E-state index in [0.717, 1.165) is 12.0 Å². The Labute approximate surface area is 231 Å². The van der Waals surface area contributed by atoms with Crippen molar-refractivity contribution in [1.82, 2.24) is 19.7 Å². The summed E-state index contributed by atoms with van der Waals surface area (Å²) in [6.45, 7) is 5.91. The van der Waals surface area contributed by atoms with Gasteiger partial charge in [-0.15, -0.1) is 0 Å². The smallest absolute Gasteiger partial charge is 0.253 e. The highest BCUT2D eigenvalue weighted by molar-refractivity contribution is 5.94. The molecule has 0 unspecified atom stereocenters. The molecule has 4 heterocycles. The molecule has 2 aromatic heterocycles. The van der Waals surface area contributed by atoms with Gasteiger partial charge in [-0.25, -0.2) is 4.39 Å². The van der Waals surface area contributed by atoms with E-state index in [1.165, 1.54) is 36.2 Å². The Balaban J connectivity index is 0.000000350. The molecule has 2 amide bonds. The number of aryl methyl sites for hydroxylation is 1. The molecule has 2 N–H and O–H groups in total. The van der Waals surface area contributed by atoms with Gasteiger partial charge < -0.3 is 29.4 Å². The highest BCUT2D eigenvalue weighted by atomic mass is 19.1. The molecular weight excluding hydrogens is 521 g/mol. The number of carbonyl (C=O) groups excluding carboxylic acids is 2. The summed E-state index contributed by atoms with van der Waals surface area (Å²) in [6.07, 6.45) is 5.87. The highest BCUT2D eigenvalue weighted by Gasteiger charge is 2.42. The number of methoxy groups -OCH3 is 1. The van der Waals surface area contributed by atoms with Crippen molar-refractivity contribution in [3.05, 3.63) is 70.5 Å². The monoisotopic (exact) mass is 555 g/mol.